The smallest absolute Gasteiger partial charge is 0.131 e. The van der Waals surface area contributed by atoms with Gasteiger partial charge in [0.05, 0.1) is 13.7 Å². The maximum absolute atomic E-state index is 14.3. The van der Waals surface area contributed by atoms with Crippen LogP contribution in [-0.4, -0.2) is 61.4 Å². The first-order chi connectivity index (χ1) is 13.6. The molecule has 6 nitrogen and oxygen atoms in total. The van der Waals surface area contributed by atoms with Gasteiger partial charge in [0.1, 0.15) is 29.7 Å². The Morgan fingerprint density at radius 1 is 1.14 bits per heavy atom. The van der Waals surface area contributed by atoms with E-state index in [0.29, 0.717) is 30.9 Å². The van der Waals surface area contributed by atoms with Crippen LogP contribution in [0.1, 0.15) is 23.5 Å². The molecule has 1 aromatic carbocycles. The largest absolute Gasteiger partial charge is 0.497 e. The van der Waals surface area contributed by atoms with Gasteiger partial charge >= 0.3 is 0 Å². The summed E-state index contributed by atoms with van der Waals surface area (Å²) in [4.78, 5) is 4.56. The van der Waals surface area contributed by atoms with Crippen molar-refractivity contribution < 1.29 is 23.4 Å². The molecular weight excluding hydrogens is 363 g/mol. The third kappa shape index (κ3) is 5.32. The van der Waals surface area contributed by atoms with Crippen molar-refractivity contribution in [2.45, 2.75) is 32.2 Å². The maximum atomic E-state index is 14.3. The number of nitrogens with zero attached hydrogens (tertiary/aromatic N) is 2. The number of aliphatic hydroxyl groups excluding tert-OH is 1. The average molecular weight is 392 g/mol. The molecular formula is C21H29FN2O4. The van der Waals surface area contributed by atoms with Gasteiger partial charge in [-0.05, 0) is 24.6 Å². The number of furan rings is 1. The monoisotopic (exact) mass is 392 g/mol. The highest BCUT2D eigenvalue weighted by Crippen LogP contribution is 2.22. The van der Waals surface area contributed by atoms with Crippen LogP contribution in [0, 0.1) is 5.82 Å². The van der Waals surface area contributed by atoms with Crippen LogP contribution >= 0.6 is 0 Å². The summed E-state index contributed by atoms with van der Waals surface area (Å²) >= 11 is 0. The van der Waals surface area contributed by atoms with Crippen LogP contribution in [0.2, 0.25) is 0 Å². The van der Waals surface area contributed by atoms with Gasteiger partial charge in [-0.25, -0.2) is 4.39 Å². The highest BCUT2D eigenvalue weighted by molar-refractivity contribution is 5.29. The molecule has 0 spiro atoms. The normalized spacial score (nSPS) is 18.5. The Morgan fingerprint density at radius 3 is 2.68 bits per heavy atom. The fourth-order valence-electron chi connectivity index (χ4n) is 3.68. The fraction of sp³-hybridized carbons (Fsp3) is 0.524. The molecule has 2 aromatic rings. The second kappa shape index (κ2) is 10.0. The summed E-state index contributed by atoms with van der Waals surface area (Å²) in [5.74, 6) is 1.98. The van der Waals surface area contributed by atoms with E-state index in [9.17, 15) is 9.50 Å². The minimum atomic E-state index is -0.259. The van der Waals surface area contributed by atoms with Crippen molar-refractivity contribution in [2.75, 3.05) is 40.5 Å². The van der Waals surface area contributed by atoms with Crippen molar-refractivity contribution in [2.24, 2.45) is 0 Å². The van der Waals surface area contributed by atoms with E-state index in [0.717, 1.165) is 37.7 Å². The number of piperazine rings is 1. The molecule has 0 aliphatic carbocycles. The topological polar surface area (TPSA) is 58.3 Å². The number of rotatable bonds is 9. The molecule has 1 aromatic heterocycles. The first kappa shape index (κ1) is 20.8. The molecule has 1 N–H and O–H groups in total. The Bertz CT molecular complexity index is 752. The minimum absolute atomic E-state index is 0.110. The molecule has 1 fully saturated rings. The zero-order valence-electron chi connectivity index (χ0n) is 16.6. The fourth-order valence-corrected chi connectivity index (χ4v) is 3.68. The Balaban J connectivity index is 1.61. The summed E-state index contributed by atoms with van der Waals surface area (Å²) in [7, 11) is 3.18. The molecule has 2 heterocycles. The number of aliphatic hydroxyl groups is 1. The van der Waals surface area contributed by atoms with Gasteiger partial charge in [0.2, 0.25) is 0 Å². The van der Waals surface area contributed by atoms with Crippen LogP contribution in [0.25, 0.3) is 0 Å². The minimum Gasteiger partial charge on any atom is -0.497 e. The molecule has 28 heavy (non-hydrogen) atoms. The zero-order chi connectivity index (χ0) is 19.9. The standard InChI is InChI=1S/C21H29FN2O4/c1-26-15-20-6-5-19(28-20)14-23-8-9-24(17(13-23)7-10-25)12-16-3-4-18(27-2)11-21(16)22/h3-6,11,17,25H,7-10,12-15H2,1-2H3/t17-/m1/s1. The lowest BCUT2D eigenvalue weighted by Gasteiger charge is -2.41. The van der Waals surface area contributed by atoms with E-state index in [1.807, 2.05) is 12.1 Å². The summed E-state index contributed by atoms with van der Waals surface area (Å²) in [5, 5.41) is 9.50. The molecule has 1 aliphatic rings. The zero-order valence-corrected chi connectivity index (χ0v) is 16.6. The van der Waals surface area contributed by atoms with E-state index in [4.69, 9.17) is 13.9 Å². The van der Waals surface area contributed by atoms with E-state index in [1.165, 1.54) is 13.2 Å². The van der Waals surface area contributed by atoms with Gasteiger partial charge in [-0.1, -0.05) is 6.07 Å². The number of methoxy groups -OCH3 is 2. The third-order valence-electron chi connectivity index (χ3n) is 5.17. The van der Waals surface area contributed by atoms with Crippen molar-refractivity contribution in [3.63, 3.8) is 0 Å². The molecule has 0 bridgehead atoms. The van der Waals surface area contributed by atoms with Gasteiger partial charge in [-0.3, -0.25) is 9.80 Å². The van der Waals surface area contributed by atoms with Crippen molar-refractivity contribution in [3.8, 4) is 5.75 Å². The first-order valence-electron chi connectivity index (χ1n) is 9.59. The highest BCUT2D eigenvalue weighted by atomic mass is 19.1. The Hall–Kier alpha value is -1.93. The summed E-state index contributed by atoms with van der Waals surface area (Å²) in [6.07, 6.45) is 0.654. The summed E-state index contributed by atoms with van der Waals surface area (Å²) in [6.45, 7) is 4.29. The molecule has 1 atom stereocenters. The van der Waals surface area contributed by atoms with Crippen LogP contribution in [-0.2, 0) is 24.4 Å². The predicted octanol–water partition coefficient (Wildman–Crippen LogP) is 2.64. The van der Waals surface area contributed by atoms with E-state index in [-0.39, 0.29) is 18.5 Å². The number of ether oxygens (including phenoxy) is 2. The number of benzene rings is 1. The van der Waals surface area contributed by atoms with E-state index in [2.05, 4.69) is 9.80 Å². The highest BCUT2D eigenvalue weighted by Gasteiger charge is 2.27. The molecule has 0 saturated carbocycles. The van der Waals surface area contributed by atoms with Crippen LogP contribution in [0.3, 0.4) is 0 Å². The van der Waals surface area contributed by atoms with Crippen molar-refractivity contribution >= 4 is 0 Å². The van der Waals surface area contributed by atoms with Crippen molar-refractivity contribution in [1.29, 1.82) is 0 Å². The van der Waals surface area contributed by atoms with Crippen LogP contribution in [0.4, 0.5) is 4.39 Å². The molecule has 0 radical (unpaired) electrons. The molecule has 1 saturated heterocycles. The Morgan fingerprint density at radius 2 is 1.96 bits per heavy atom. The van der Waals surface area contributed by atoms with Crippen molar-refractivity contribution in [1.82, 2.24) is 9.80 Å². The van der Waals surface area contributed by atoms with Gasteiger partial charge in [0.15, 0.2) is 0 Å². The lowest BCUT2D eigenvalue weighted by atomic mass is 10.1. The summed E-state index contributed by atoms with van der Waals surface area (Å²) in [5.41, 5.74) is 0.646. The van der Waals surface area contributed by atoms with Gasteiger partial charge in [-0.15, -0.1) is 0 Å². The van der Waals surface area contributed by atoms with Crippen LogP contribution in [0.5, 0.6) is 5.75 Å². The van der Waals surface area contributed by atoms with E-state index >= 15 is 0 Å². The van der Waals surface area contributed by atoms with Crippen molar-refractivity contribution in [3.05, 3.63) is 53.2 Å². The Kier molecular flexibility index (Phi) is 7.44. The van der Waals surface area contributed by atoms with Gasteiger partial charge in [0.25, 0.3) is 0 Å². The third-order valence-corrected chi connectivity index (χ3v) is 5.17. The average Bonchev–Trinajstić information content (AvgIpc) is 3.12. The summed E-state index contributed by atoms with van der Waals surface area (Å²) in [6, 6.07) is 9.05. The SMILES string of the molecule is COCc1ccc(CN2CCN(Cc3ccc(OC)cc3F)[C@H](CCO)C2)o1. The quantitative estimate of drug-likeness (QED) is 0.708. The predicted molar refractivity (Wildman–Crippen MR) is 104 cm³/mol. The van der Waals surface area contributed by atoms with Gasteiger partial charge < -0.3 is 19.0 Å². The number of hydrogen-bond donors (Lipinski definition) is 1. The second-order valence-corrected chi connectivity index (χ2v) is 7.13. The summed E-state index contributed by atoms with van der Waals surface area (Å²) < 4.78 is 30.3. The molecule has 3 rings (SSSR count). The number of halogens is 1. The van der Waals surface area contributed by atoms with E-state index < -0.39 is 0 Å². The number of hydrogen-bond acceptors (Lipinski definition) is 6. The van der Waals surface area contributed by atoms with Crippen LogP contribution in [0.15, 0.2) is 34.7 Å². The molecule has 0 unspecified atom stereocenters. The molecule has 154 valence electrons. The van der Waals surface area contributed by atoms with Gasteiger partial charge in [0, 0.05) is 57.6 Å². The lowest BCUT2D eigenvalue weighted by Crippen LogP contribution is -2.52. The molecule has 0 amide bonds. The maximum Gasteiger partial charge on any atom is 0.131 e. The van der Waals surface area contributed by atoms with E-state index in [1.54, 1.807) is 19.2 Å². The molecule has 1 aliphatic heterocycles. The van der Waals surface area contributed by atoms with Gasteiger partial charge in [-0.2, -0.15) is 0 Å². The Labute approximate surface area is 165 Å². The van der Waals surface area contributed by atoms with Crippen LogP contribution < -0.4 is 4.74 Å². The lowest BCUT2D eigenvalue weighted by molar-refractivity contribution is 0.0456. The first-order valence-corrected chi connectivity index (χ1v) is 9.59. The molecule has 7 heteroatoms. The second-order valence-electron chi connectivity index (χ2n) is 7.13.